The fourth-order valence-electron chi connectivity index (χ4n) is 4.57. The number of fused-ring (bicyclic) bond motifs is 4. The van der Waals surface area contributed by atoms with E-state index in [1.807, 2.05) is 4.90 Å². The van der Waals surface area contributed by atoms with Gasteiger partial charge in [0.05, 0.1) is 53.2 Å². The summed E-state index contributed by atoms with van der Waals surface area (Å²) in [5, 5.41) is 5.77. The van der Waals surface area contributed by atoms with Gasteiger partial charge >= 0.3 is 6.03 Å². The number of nitrogens with zero attached hydrogens (tertiary/aromatic N) is 3. The third-order valence-corrected chi connectivity index (χ3v) is 7.53. The van der Waals surface area contributed by atoms with Crippen molar-refractivity contribution < 1.29 is 23.1 Å². The van der Waals surface area contributed by atoms with Crippen molar-refractivity contribution in [3.05, 3.63) is 46.3 Å². The lowest BCUT2D eigenvalue weighted by atomic mass is 9.97. The van der Waals surface area contributed by atoms with E-state index in [0.29, 0.717) is 30.8 Å². The topological polar surface area (TPSA) is 110 Å². The summed E-state index contributed by atoms with van der Waals surface area (Å²) in [7, 11) is 1.55. The number of oxazole rings is 1. The summed E-state index contributed by atoms with van der Waals surface area (Å²) in [6, 6.07) is 4.60. The highest BCUT2D eigenvalue weighted by atomic mass is 32.1. The van der Waals surface area contributed by atoms with Gasteiger partial charge < -0.3 is 19.4 Å². The van der Waals surface area contributed by atoms with Gasteiger partial charge in [-0.3, -0.25) is 10.1 Å². The van der Waals surface area contributed by atoms with Crippen LogP contribution in [0.5, 0.6) is 0 Å². The highest BCUT2D eigenvalue weighted by molar-refractivity contribution is 7.16. The van der Waals surface area contributed by atoms with E-state index in [0.717, 1.165) is 23.4 Å². The second kappa shape index (κ2) is 8.17. The van der Waals surface area contributed by atoms with Crippen LogP contribution < -0.4 is 15.5 Å². The molecular weight excluding hydrogens is 461 g/mol. The van der Waals surface area contributed by atoms with Crippen molar-refractivity contribution in [1.29, 1.82) is 0 Å². The quantitative estimate of drug-likeness (QED) is 0.532. The predicted molar refractivity (Wildman–Crippen MR) is 123 cm³/mol. The normalized spacial score (nSPS) is 21.2. The summed E-state index contributed by atoms with van der Waals surface area (Å²) in [5.74, 6) is -0.521. The van der Waals surface area contributed by atoms with Gasteiger partial charge in [-0.05, 0) is 25.0 Å². The maximum Gasteiger partial charge on any atom is 0.320 e. The Morgan fingerprint density at radius 2 is 2.12 bits per heavy atom. The third-order valence-electron chi connectivity index (χ3n) is 6.41. The van der Waals surface area contributed by atoms with Crippen molar-refractivity contribution in [3.8, 4) is 11.3 Å². The molecule has 0 spiro atoms. The number of carbonyl (C=O) groups excluding carboxylic acids is 2. The molecule has 176 valence electrons. The minimum absolute atomic E-state index is 0.0553. The predicted octanol–water partition coefficient (Wildman–Crippen LogP) is 3.78. The van der Waals surface area contributed by atoms with E-state index in [2.05, 4.69) is 20.6 Å². The van der Waals surface area contributed by atoms with E-state index in [1.54, 1.807) is 19.2 Å². The number of urea groups is 1. The molecule has 11 heteroatoms. The van der Waals surface area contributed by atoms with E-state index in [9.17, 15) is 9.59 Å². The second-order valence-corrected chi connectivity index (χ2v) is 9.70. The van der Waals surface area contributed by atoms with Gasteiger partial charge in [0.15, 0.2) is 16.7 Å². The van der Waals surface area contributed by atoms with Gasteiger partial charge in [-0.2, -0.15) is 0 Å². The Hall–Kier alpha value is -3.31. The van der Waals surface area contributed by atoms with Crippen LogP contribution in [0.15, 0.2) is 28.8 Å². The van der Waals surface area contributed by atoms with Crippen molar-refractivity contribution in [2.75, 3.05) is 30.5 Å². The summed E-state index contributed by atoms with van der Waals surface area (Å²) in [6.45, 7) is 0.895. The lowest BCUT2D eigenvalue weighted by Crippen LogP contribution is -2.51. The lowest BCUT2D eigenvalue weighted by Gasteiger charge is -2.43. The van der Waals surface area contributed by atoms with E-state index in [1.165, 1.54) is 23.6 Å². The van der Waals surface area contributed by atoms with Crippen LogP contribution in [0, 0.1) is 11.7 Å². The number of Topliss-reactive ketones (excluding diaryl/α,β-unsaturated/α-hetero) is 1. The number of carbonyl (C=O) groups is 2. The van der Waals surface area contributed by atoms with Crippen LogP contribution in [0.1, 0.15) is 39.8 Å². The first-order valence-electron chi connectivity index (χ1n) is 11.2. The third kappa shape index (κ3) is 3.55. The molecule has 3 aliphatic rings. The average molecular weight is 484 g/mol. The Labute approximate surface area is 198 Å². The molecule has 1 saturated carbocycles. The molecule has 2 N–H and O–H groups in total. The number of nitrogens with one attached hydrogen (secondary N) is 2. The summed E-state index contributed by atoms with van der Waals surface area (Å²) >= 11 is 1.39. The van der Waals surface area contributed by atoms with Gasteiger partial charge in [0, 0.05) is 19.4 Å². The molecule has 1 aliphatic carbocycles. The van der Waals surface area contributed by atoms with Gasteiger partial charge in [-0.25, -0.2) is 19.2 Å². The molecule has 1 aromatic carbocycles. The Kier molecular flexibility index (Phi) is 5.10. The first-order valence-corrected chi connectivity index (χ1v) is 12.0. The molecular formula is C23H22FN5O4S. The Morgan fingerprint density at radius 1 is 1.26 bits per heavy atom. The number of amides is 2. The zero-order valence-corrected chi connectivity index (χ0v) is 19.2. The number of hydrogen-bond donors (Lipinski definition) is 2. The molecule has 2 amide bonds. The minimum atomic E-state index is -0.570. The number of rotatable bonds is 5. The number of hydrogen-bond acceptors (Lipinski definition) is 8. The number of benzene rings is 1. The van der Waals surface area contributed by atoms with Gasteiger partial charge in [-0.1, -0.05) is 17.4 Å². The molecule has 2 atom stereocenters. The standard InChI is InChI=1S/C23H22FN5O4S/c1-25-21(31)28-22-27-15-7-12-9-32-10-16(20(15)34-22)29(12)23-26-8-17(33-23)13-3-2-4-14(18(13)24)19(30)11-5-6-11/h2-4,8,11-12,16H,5-7,9-10H2,1H3,(H2,25,27,28,31). The number of anilines is 2. The molecule has 0 radical (unpaired) electrons. The molecule has 2 bridgehead atoms. The largest absolute Gasteiger partial charge is 0.423 e. The van der Waals surface area contributed by atoms with E-state index >= 15 is 4.39 Å². The van der Waals surface area contributed by atoms with E-state index in [-0.39, 0.29) is 46.7 Å². The summed E-state index contributed by atoms with van der Waals surface area (Å²) in [6.07, 6.45) is 3.73. The zero-order valence-electron chi connectivity index (χ0n) is 18.3. The van der Waals surface area contributed by atoms with Gasteiger partial charge in [0.1, 0.15) is 5.82 Å². The monoisotopic (exact) mass is 483 g/mol. The number of aromatic nitrogens is 2. The van der Waals surface area contributed by atoms with Crippen molar-refractivity contribution in [2.24, 2.45) is 5.92 Å². The SMILES string of the molecule is CNC(=O)Nc1nc2c(s1)C1COCC(C2)N1c1ncc(-c2cccc(C(=O)C3CC3)c2F)o1. The van der Waals surface area contributed by atoms with Gasteiger partial charge in [0.25, 0.3) is 6.01 Å². The fourth-order valence-corrected chi connectivity index (χ4v) is 5.65. The maximum atomic E-state index is 15.2. The zero-order chi connectivity index (χ0) is 23.4. The Morgan fingerprint density at radius 3 is 2.91 bits per heavy atom. The van der Waals surface area contributed by atoms with Crippen molar-refractivity contribution in [1.82, 2.24) is 15.3 Å². The van der Waals surface area contributed by atoms with E-state index < -0.39 is 5.82 Å². The van der Waals surface area contributed by atoms with Crippen LogP contribution in [0.2, 0.25) is 0 Å². The van der Waals surface area contributed by atoms with Crippen molar-refractivity contribution in [2.45, 2.75) is 31.3 Å². The maximum absolute atomic E-state index is 15.2. The van der Waals surface area contributed by atoms with Crippen LogP contribution in [-0.4, -0.2) is 48.1 Å². The summed E-state index contributed by atoms with van der Waals surface area (Å²) in [5.41, 5.74) is 1.25. The molecule has 2 fully saturated rings. The van der Waals surface area contributed by atoms with E-state index in [4.69, 9.17) is 9.15 Å². The highest BCUT2D eigenvalue weighted by Crippen LogP contribution is 2.44. The molecule has 4 heterocycles. The fraction of sp³-hybridized carbons (Fsp3) is 0.391. The summed E-state index contributed by atoms with van der Waals surface area (Å²) in [4.78, 5) is 36.2. The first-order chi connectivity index (χ1) is 16.5. The first kappa shape index (κ1) is 21.2. The number of ketones is 1. The van der Waals surface area contributed by atoms with Gasteiger partial charge in [-0.15, -0.1) is 0 Å². The number of halogens is 1. The Balaban J connectivity index is 1.31. The lowest BCUT2D eigenvalue weighted by molar-refractivity contribution is 0.0578. The smallest absolute Gasteiger partial charge is 0.320 e. The second-order valence-electron chi connectivity index (χ2n) is 8.67. The molecule has 3 aromatic rings. The van der Waals surface area contributed by atoms with Gasteiger partial charge in [0.2, 0.25) is 0 Å². The minimum Gasteiger partial charge on any atom is -0.423 e. The molecule has 2 aromatic heterocycles. The number of ether oxygens (including phenoxy) is 1. The van der Waals surface area contributed by atoms with Crippen LogP contribution in [0.4, 0.5) is 20.3 Å². The molecule has 2 aliphatic heterocycles. The van der Waals surface area contributed by atoms with Crippen LogP contribution >= 0.6 is 11.3 Å². The van der Waals surface area contributed by atoms with Crippen LogP contribution in [0.25, 0.3) is 11.3 Å². The van der Waals surface area contributed by atoms with Crippen molar-refractivity contribution >= 4 is 34.3 Å². The molecule has 2 unspecified atom stereocenters. The van der Waals surface area contributed by atoms with Crippen molar-refractivity contribution in [3.63, 3.8) is 0 Å². The molecule has 34 heavy (non-hydrogen) atoms. The summed E-state index contributed by atoms with van der Waals surface area (Å²) < 4.78 is 27.1. The molecule has 6 rings (SSSR count). The highest BCUT2D eigenvalue weighted by Gasteiger charge is 2.43. The Bertz CT molecular complexity index is 1290. The van der Waals surface area contributed by atoms with Crippen LogP contribution in [0.3, 0.4) is 0 Å². The number of morpholine rings is 1. The number of thiazole rings is 1. The molecule has 9 nitrogen and oxygen atoms in total. The molecule has 1 saturated heterocycles. The van der Waals surface area contributed by atoms with Crippen LogP contribution in [-0.2, 0) is 11.2 Å². The average Bonchev–Trinajstić information content (AvgIpc) is 3.44.